The Kier molecular flexibility index (Phi) is 5.86. The van der Waals surface area contributed by atoms with Crippen LogP contribution in [0.1, 0.15) is 37.3 Å². The molecular formula is C20H21ClFNO3S. The lowest BCUT2D eigenvalue weighted by atomic mass is 10.1. The number of aliphatic imine (C=N–C) groups is 1. The minimum absolute atomic E-state index is 0.233. The van der Waals surface area contributed by atoms with Crippen molar-refractivity contribution in [3.05, 3.63) is 52.3 Å². The van der Waals surface area contributed by atoms with E-state index in [2.05, 4.69) is 11.9 Å². The summed E-state index contributed by atoms with van der Waals surface area (Å²) >= 11 is 5.89. The number of halogens is 2. The number of unbranched alkanes of at least 4 members (excludes halogenated alkanes) is 1. The fraction of sp³-hybridized carbons (Fsp3) is 0.350. The molecule has 1 aliphatic carbocycles. The van der Waals surface area contributed by atoms with Crippen LogP contribution >= 0.6 is 11.6 Å². The van der Waals surface area contributed by atoms with Gasteiger partial charge in [-0.25, -0.2) is 12.8 Å². The molecule has 0 aromatic heterocycles. The van der Waals surface area contributed by atoms with Crippen molar-refractivity contribution in [3.8, 4) is 11.5 Å². The van der Waals surface area contributed by atoms with E-state index in [9.17, 15) is 12.8 Å². The molecule has 0 amide bonds. The molecule has 0 radical (unpaired) electrons. The highest BCUT2D eigenvalue weighted by molar-refractivity contribution is 7.90. The van der Waals surface area contributed by atoms with E-state index in [1.54, 1.807) is 6.07 Å². The third-order valence-corrected chi connectivity index (χ3v) is 5.77. The Balaban J connectivity index is 2.07. The Morgan fingerprint density at radius 1 is 1.22 bits per heavy atom. The van der Waals surface area contributed by atoms with Crippen molar-refractivity contribution < 1.29 is 17.5 Å². The summed E-state index contributed by atoms with van der Waals surface area (Å²) in [6, 6.07) is 7.11. The molecule has 0 atom stereocenters. The first-order chi connectivity index (χ1) is 12.8. The summed E-state index contributed by atoms with van der Waals surface area (Å²) in [5.74, 6) is 0.272. The second-order valence-corrected chi connectivity index (χ2v) is 9.00. The van der Waals surface area contributed by atoms with E-state index in [0.29, 0.717) is 30.7 Å². The number of hydrogen-bond acceptors (Lipinski definition) is 4. The van der Waals surface area contributed by atoms with Gasteiger partial charge in [0.05, 0.1) is 4.90 Å². The molecule has 7 heteroatoms. The topological polar surface area (TPSA) is 55.7 Å². The molecule has 1 aliphatic rings. The summed E-state index contributed by atoms with van der Waals surface area (Å²) in [6.07, 6.45) is 4.45. The minimum atomic E-state index is -3.41. The van der Waals surface area contributed by atoms with Crippen LogP contribution in [0.25, 0.3) is 0 Å². The fourth-order valence-corrected chi connectivity index (χ4v) is 4.33. The first kappa shape index (κ1) is 19.8. The number of fused-ring (bicyclic) bond motifs is 1. The van der Waals surface area contributed by atoms with Gasteiger partial charge < -0.3 is 4.74 Å². The van der Waals surface area contributed by atoms with Gasteiger partial charge in [0.25, 0.3) is 0 Å². The highest BCUT2D eigenvalue weighted by Crippen LogP contribution is 2.38. The zero-order valence-corrected chi connectivity index (χ0v) is 16.8. The second kappa shape index (κ2) is 7.98. The molecule has 27 heavy (non-hydrogen) atoms. The quantitative estimate of drug-likeness (QED) is 0.615. The van der Waals surface area contributed by atoms with E-state index in [1.165, 1.54) is 30.5 Å². The van der Waals surface area contributed by atoms with E-state index < -0.39 is 15.7 Å². The molecule has 0 aliphatic heterocycles. The average molecular weight is 410 g/mol. The first-order valence-electron chi connectivity index (χ1n) is 8.83. The summed E-state index contributed by atoms with van der Waals surface area (Å²) < 4.78 is 44.0. The van der Waals surface area contributed by atoms with Gasteiger partial charge in [-0.1, -0.05) is 24.9 Å². The summed E-state index contributed by atoms with van der Waals surface area (Å²) in [5, 5.41) is 0.233. The summed E-state index contributed by atoms with van der Waals surface area (Å²) in [7, 11) is -3.41. The SMILES string of the molecule is CCCCN=C1CCc2c(Oc3cc(F)cc(Cl)c3)ccc(S(C)(=O)=O)c21. The van der Waals surface area contributed by atoms with E-state index in [-0.39, 0.29) is 15.7 Å². The van der Waals surface area contributed by atoms with Gasteiger partial charge >= 0.3 is 0 Å². The highest BCUT2D eigenvalue weighted by atomic mass is 35.5. The molecule has 2 aromatic carbocycles. The van der Waals surface area contributed by atoms with Crippen molar-refractivity contribution in [1.82, 2.24) is 0 Å². The van der Waals surface area contributed by atoms with Crippen molar-refractivity contribution in [1.29, 1.82) is 0 Å². The molecule has 0 heterocycles. The predicted molar refractivity (Wildman–Crippen MR) is 106 cm³/mol. The zero-order valence-electron chi connectivity index (χ0n) is 15.3. The number of nitrogens with zero attached hydrogens (tertiary/aromatic N) is 1. The van der Waals surface area contributed by atoms with Gasteiger partial charge in [0.1, 0.15) is 17.3 Å². The van der Waals surface area contributed by atoms with Gasteiger partial charge in [0.2, 0.25) is 0 Å². The Morgan fingerprint density at radius 2 is 2.00 bits per heavy atom. The van der Waals surface area contributed by atoms with Gasteiger partial charge in [-0.05, 0) is 43.5 Å². The third kappa shape index (κ3) is 4.50. The average Bonchev–Trinajstić information content (AvgIpc) is 2.98. The van der Waals surface area contributed by atoms with Crippen molar-refractivity contribution in [2.45, 2.75) is 37.5 Å². The van der Waals surface area contributed by atoms with Crippen LogP contribution in [0.15, 0.2) is 40.2 Å². The van der Waals surface area contributed by atoms with Crippen LogP contribution in [0.3, 0.4) is 0 Å². The van der Waals surface area contributed by atoms with Crippen LogP contribution in [0, 0.1) is 5.82 Å². The molecule has 0 saturated heterocycles. The third-order valence-electron chi connectivity index (χ3n) is 4.41. The van der Waals surface area contributed by atoms with Crippen molar-refractivity contribution in [3.63, 3.8) is 0 Å². The zero-order chi connectivity index (χ0) is 19.6. The highest BCUT2D eigenvalue weighted by Gasteiger charge is 2.28. The fourth-order valence-electron chi connectivity index (χ4n) is 3.19. The Labute approximate surface area is 164 Å². The standard InChI is InChI=1S/C20H21ClFNO3S/c1-3-4-9-23-17-6-5-16-18(7-8-19(20(16)17)27(2,24)25)26-15-11-13(21)10-14(22)12-15/h7-8,10-12H,3-6,9H2,1-2H3. The van der Waals surface area contributed by atoms with Crippen LogP contribution in [-0.4, -0.2) is 26.9 Å². The number of benzene rings is 2. The van der Waals surface area contributed by atoms with Crippen LogP contribution in [-0.2, 0) is 16.3 Å². The van der Waals surface area contributed by atoms with E-state index >= 15 is 0 Å². The van der Waals surface area contributed by atoms with E-state index in [1.807, 2.05) is 0 Å². The number of hydrogen-bond donors (Lipinski definition) is 0. The minimum Gasteiger partial charge on any atom is -0.457 e. The van der Waals surface area contributed by atoms with Gasteiger partial charge in [-0.3, -0.25) is 4.99 Å². The normalized spacial score (nSPS) is 15.2. The van der Waals surface area contributed by atoms with Crippen molar-refractivity contribution in [2.75, 3.05) is 12.8 Å². The molecular weight excluding hydrogens is 389 g/mol. The molecule has 0 fully saturated rings. The number of sulfone groups is 1. The lowest BCUT2D eigenvalue weighted by molar-refractivity contribution is 0.471. The maximum Gasteiger partial charge on any atom is 0.176 e. The van der Waals surface area contributed by atoms with Gasteiger partial charge in [0.15, 0.2) is 9.84 Å². The van der Waals surface area contributed by atoms with Crippen molar-refractivity contribution in [2.24, 2.45) is 4.99 Å². The molecule has 0 N–H and O–H groups in total. The summed E-state index contributed by atoms with van der Waals surface area (Å²) in [4.78, 5) is 4.88. The predicted octanol–water partition coefficient (Wildman–Crippen LogP) is 5.21. The van der Waals surface area contributed by atoms with Gasteiger partial charge in [-0.15, -0.1) is 0 Å². The Hall–Kier alpha value is -1.92. The van der Waals surface area contributed by atoms with E-state index in [0.717, 1.165) is 24.1 Å². The molecule has 144 valence electrons. The van der Waals surface area contributed by atoms with Crippen LogP contribution in [0.4, 0.5) is 4.39 Å². The molecule has 4 nitrogen and oxygen atoms in total. The maximum absolute atomic E-state index is 13.6. The van der Waals surface area contributed by atoms with Crippen LogP contribution in [0.2, 0.25) is 5.02 Å². The van der Waals surface area contributed by atoms with Gasteiger partial charge in [-0.2, -0.15) is 0 Å². The van der Waals surface area contributed by atoms with Crippen LogP contribution in [0.5, 0.6) is 11.5 Å². The number of rotatable bonds is 6. The van der Waals surface area contributed by atoms with Crippen molar-refractivity contribution >= 4 is 27.1 Å². The lowest BCUT2D eigenvalue weighted by Crippen LogP contribution is -2.08. The van der Waals surface area contributed by atoms with E-state index in [4.69, 9.17) is 16.3 Å². The van der Waals surface area contributed by atoms with Gasteiger partial charge in [0, 0.05) is 40.7 Å². The molecule has 0 unspecified atom stereocenters. The summed E-state index contributed by atoms with van der Waals surface area (Å²) in [6.45, 7) is 2.75. The first-order valence-corrected chi connectivity index (χ1v) is 11.1. The van der Waals surface area contributed by atoms with Crippen LogP contribution < -0.4 is 4.74 Å². The molecule has 3 rings (SSSR count). The Bertz CT molecular complexity index is 982. The lowest BCUT2D eigenvalue weighted by Gasteiger charge is -2.14. The second-order valence-electron chi connectivity index (χ2n) is 6.58. The monoisotopic (exact) mass is 409 g/mol. The molecule has 2 aromatic rings. The molecule has 0 bridgehead atoms. The molecule has 0 spiro atoms. The summed E-state index contributed by atoms with van der Waals surface area (Å²) in [5.41, 5.74) is 2.21. The molecule has 0 saturated carbocycles. The largest absolute Gasteiger partial charge is 0.457 e. The smallest absolute Gasteiger partial charge is 0.176 e. The maximum atomic E-state index is 13.6. The number of ether oxygens (including phenoxy) is 1. The Morgan fingerprint density at radius 3 is 2.67 bits per heavy atom.